The molecule has 2 unspecified atom stereocenters. The molecule has 0 saturated heterocycles. The van der Waals surface area contributed by atoms with Gasteiger partial charge in [0.1, 0.15) is 11.7 Å². The summed E-state index contributed by atoms with van der Waals surface area (Å²) in [6.45, 7) is 2.25. The van der Waals surface area contributed by atoms with E-state index in [2.05, 4.69) is 6.92 Å². The number of hydrogen-bond acceptors (Lipinski definition) is 5. The number of hydrogen-bond donors (Lipinski definition) is 1. The van der Waals surface area contributed by atoms with Gasteiger partial charge < -0.3 is 19.0 Å². The third kappa shape index (κ3) is 2.41. The Morgan fingerprint density at radius 2 is 2.04 bits per heavy atom. The van der Waals surface area contributed by atoms with E-state index < -0.39 is 6.10 Å². The molecule has 5 nitrogen and oxygen atoms in total. The second-order valence-electron chi connectivity index (χ2n) is 6.10. The molecule has 124 valence electrons. The van der Waals surface area contributed by atoms with E-state index in [1.807, 2.05) is 12.1 Å². The molecule has 1 aromatic heterocycles. The number of aliphatic hydroxyl groups is 1. The van der Waals surface area contributed by atoms with Crippen LogP contribution in [0.4, 0.5) is 0 Å². The second-order valence-corrected chi connectivity index (χ2v) is 6.10. The summed E-state index contributed by atoms with van der Waals surface area (Å²) in [7, 11) is 0. The smallest absolute Gasteiger partial charge is 0.231 e. The van der Waals surface area contributed by atoms with Gasteiger partial charge in [-0.05, 0) is 30.2 Å². The molecule has 0 saturated carbocycles. The molecule has 0 bridgehead atoms. The highest BCUT2D eigenvalue weighted by atomic mass is 16.7. The van der Waals surface area contributed by atoms with Gasteiger partial charge in [0.25, 0.3) is 0 Å². The number of rotatable bonds is 3. The third-order valence-corrected chi connectivity index (χ3v) is 4.51. The van der Waals surface area contributed by atoms with Gasteiger partial charge in [-0.15, -0.1) is 0 Å². The molecule has 2 heterocycles. The Balaban J connectivity index is 1.86. The minimum Gasteiger partial charge on any atom is -0.464 e. The molecule has 4 rings (SSSR count). The monoisotopic (exact) mass is 326 g/mol. The average Bonchev–Trinajstić information content (AvgIpc) is 3.04. The Morgan fingerprint density at radius 1 is 1.21 bits per heavy atom. The van der Waals surface area contributed by atoms with Gasteiger partial charge in [0.2, 0.25) is 6.79 Å². The van der Waals surface area contributed by atoms with Crippen LogP contribution in [0.3, 0.4) is 0 Å². The highest BCUT2D eigenvalue weighted by Crippen LogP contribution is 2.34. The number of ether oxygens (including phenoxy) is 2. The molecule has 2 atom stereocenters. The average molecular weight is 326 g/mol. The summed E-state index contributed by atoms with van der Waals surface area (Å²) in [6.07, 6.45) is 6.05. The fourth-order valence-electron chi connectivity index (χ4n) is 3.23. The number of fused-ring (bicyclic) bond motifs is 2. The lowest BCUT2D eigenvalue weighted by Gasteiger charge is -2.18. The summed E-state index contributed by atoms with van der Waals surface area (Å²) >= 11 is 0. The van der Waals surface area contributed by atoms with Crippen LogP contribution < -0.4 is 25.5 Å². The van der Waals surface area contributed by atoms with Crippen LogP contribution in [0.15, 0.2) is 33.7 Å². The summed E-state index contributed by atoms with van der Waals surface area (Å²) in [5.74, 6) is 1.24. The first-order valence-electron chi connectivity index (χ1n) is 8.11. The van der Waals surface area contributed by atoms with Crippen molar-refractivity contribution in [2.75, 3.05) is 6.79 Å². The molecule has 5 heteroatoms. The van der Waals surface area contributed by atoms with Crippen LogP contribution in [0.2, 0.25) is 0 Å². The minimum atomic E-state index is -0.614. The zero-order valence-electron chi connectivity index (χ0n) is 13.3. The summed E-state index contributed by atoms with van der Waals surface area (Å²) < 4.78 is 16.3. The van der Waals surface area contributed by atoms with Crippen molar-refractivity contribution in [3.05, 3.63) is 45.3 Å². The first kappa shape index (κ1) is 15.0. The largest absolute Gasteiger partial charge is 0.464 e. The van der Waals surface area contributed by atoms with Crippen molar-refractivity contribution in [3.63, 3.8) is 0 Å². The summed E-state index contributed by atoms with van der Waals surface area (Å²) in [4.78, 5) is 12.9. The summed E-state index contributed by atoms with van der Waals surface area (Å²) in [5.41, 5.74) is 1.54. The van der Waals surface area contributed by atoms with Crippen LogP contribution >= 0.6 is 0 Å². The zero-order chi connectivity index (χ0) is 16.7. The highest BCUT2D eigenvalue weighted by molar-refractivity contribution is 5.67. The molecule has 1 N–H and O–H groups in total. The maximum Gasteiger partial charge on any atom is 0.231 e. The molecule has 2 aliphatic rings. The SMILES string of the molecule is CCCC1C=c2c(occ(-c3ccc4c(c3)OCO4)c2=O)=CC1O. The summed E-state index contributed by atoms with van der Waals surface area (Å²) in [6, 6.07) is 5.39. The molecule has 1 aromatic carbocycles. The van der Waals surface area contributed by atoms with Crippen LogP contribution in [0, 0.1) is 5.92 Å². The Morgan fingerprint density at radius 3 is 2.88 bits per heavy atom. The fourth-order valence-corrected chi connectivity index (χ4v) is 3.23. The van der Waals surface area contributed by atoms with Crippen molar-refractivity contribution in [2.24, 2.45) is 5.92 Å². The Labute approximate surface area is 138 Å². The molecule has 1 aliphatic carbocycles. The third-order valence-electron chi connectivity index (χ3n) is 4.51. The lowest BCUT2D eigenvalue weighted by Crippen LogP contribution is -2.44. The lowest BCUT2D eigenvalue weighted by atomic mass is 9.92. The Bertz CT molecular complexity index is 957. The van der Waals surface area contributed by atoms with E-state index in [1.54, 1.807) is 18.2 Å². The number of aliphatic hydroxyl groups excluding tert-OH is 1. The maximum absolute atomic E-state index is 12.9. The van der Waals surface area contributed by atoms with Gasteiger partial charge in [-0.2, -0.15) is 0 Å². The van der Waals surface area contributed by atoms with E-state index in [1.165, 1.54) is 6.26 Å². The molecule has 2 aromatic rings. The number of benzene rings is 1. The van der Waals surface area contributed by atoms with Crippen molar-refractivity contribution in [1.29, 1.82) is 0 Å². The van der Waals surface area contributed by atoms with Crippen molar-refractivity contribution in [3.8, 4) is 22.6 Å². The van der Waals surface area contributed by atoms with Crippen LogP contribution in [-0.2, 0) is 0 Å². The van der Waals surface area contributed by atoms with Gasteiger partial charge in [-0.1, -0.05) is 25.5 Å². The molecule has 0 amide bonds. The van der Waals surface area contributed by atoms with E-state index in [-0.39, 0.29) is 18.1 Å². The van der Waals surface area contributed by atoms with Gasteiger partial charge in [0.05, 0.1) is 16.9 Å². The highest BCUT2D eigenvalue weighted by Gasteiger charge is 2.21. The van der Waals surface area contributed by atoms with Gasteiger partial charge in [0.15, 0.2) is 16.9 Å². The molecule has 0 spiro atoms. The van der Waals surface area contributed by atoms with Crippen LogP contribution in [0.1, 0.15) is 19.8 Å². The van der Waals surface area contributed by atoms with Crippen LogP contribution in [0.25, 0.3) is 23.3 Å². The van der Waals surface area contributed by atoms with Crippen LogP contribution in [0.5, 0.6) is 11.5 Å². The first-order chi connectivity index (χ1) is 11.7. The van der Waals surface area contributed by atoms with Crippen molar-refractivity contribution in [1.82, 2.24) is 0 Å². The molecule has 24 heavy (non-hydrogen) atoms. The second kappa shape index (κ2) is 5.83. The topological polar surface area (TPSA) is 68.9 Å². The molecular formula is C19H18O5. The quantitative estimate of drug-likeness (QED) is 0.923. The lowest BCUT2D eigenvalue weighted by molar-refractivity contribution is 0.174. The van der Waals surface area contributed by atoms with E-state index in [0.29, 0.717) is 27.7 Å². The Hall–Kier alpha value is -2.53. The van der Waals surface area contributed by atoms with E-state index in [4.69, 9.17) is 13.9 Å². The molecular weight excluding hydrogens is 308 g/mol. The fraction of sp³-hybridized carbons (Fsp3) is 0.316. The maximum atomic E-state index is 12.9. The van der Waals surface area contributed by atoms with E-state index in [9.17, 15) is 9.90 Å². The van der Waals surface area contributed by atoms with Gasteiger partial charge in [0, 0.05) is 5.92 Å². The normalized spacial score (nSPS) is 20.9. The van der Waals surface area contributed by atoms with E-state index in [0.717, 1.165) is 18.4 Å². The van der Waals surface area contributed by atoms with E-state index >= 15 is 0 Å². The van der Waals surface area contributed by atoms with Gasteiger partial charge >= 0.3 is 0 Å². The van der Waals surface area contributed by atoms with Crippen LogP contribution in [-0.4, -0.2) is 18.0 Å². The van der Waals surface area contributed by atoms with Crippen molar-refractivity contribution < 1.29 is 19.0 Å². The standard InChI is InChI=1S/C19H18O5/c1-2-3-12-6-13-17(8-15(12)20)22-9-14(19(13)21)11-4-5-16-18(7-11)24-10-23-16/h4-9,12,15,20H,2-3,10H2,1H3. The predicted molar refractivity (Wildman–Crippen MR) is 89.1 cm³/mol. The van der Waals surface area contributed by atoms with Crippen molar-refractivity contribution >= 4 is 12.2 Å². The van der Waals surface area contributed by atoms with Gasteiger partial charge in [-0.3, -0.25) is 4.79 Å². The Kier molecular flexibility index (Phi) is 3.65. The predicted octanol–water partition coefficient (Wildman–Crippen LogP) is 1.39. The van der Waals surface area contributed by atoms with Gasteiger partial charge in [-0.25, -0.2) is 0 Å². The first-order valence-corrected chi connectivity index (χ1v) is 8.11. The molecule has 1 aliphatic heterocycles. The zero-order valence-corrected chi connectivity index (χ0v) is 13.3. The molecule has 0 fully saturated rings. The minimum absolute atomic E-state index is 0.0580. The summed E-state index contributed by atoms with van der Waals surface area (Å²) in [5, 5.41) is 10.7. The van der Waals surface area contributed by atoms with Crippen molar-refractivity contribution in [2.45, 2.75) is 25.9 Å². The molecule has 0 radical (unpaired) electrons.